The van der Waals surface area contributed by atoms with E-state index in [4.69, 9.17) is 5.73 Å². The van der Waals surface area contributed by atoms with Crippen LogP contribution in [0.3, 0.4) is 0 Å². The van der Waals surface area contributed by atoms with Crippen LogP contribution in [0.25, 0.3) is 0 Å². The van der Waals surface area contributed by atoms with Gasteiger partial charge in [0.25, 0.3) is 0 Å². The quantitative estimate of drug-likeness (QED) is 0.758. The van der Waals surface area contributed by atoms with Gasteiger partial charge in [-0.25, -0.2) is 0 Å². The van der Waals surface area contributed by atoms with Crippen molar-refractivity contribution in [2.45, 2.75) is 32.1 Å². The molecular formula is C13H18N2O. The summed E-state index contributed by atoms with van der Waals surface area (Å²) in [6, 6.07) is 6.33. The molecule has 3 N–H and O–H groups in total. The molecule has 1 aromatic carbocycles. The minimum atomic E-state index is 0.128. The zero-order valence-corrected chi connectivity index (χ0v) is 9.46. The maximum Gasteiger partial charge on any atom is 0.224 e. The van der Waals surface area contributed by atoms with Crippen molar-refractivity contribution in [2.24, 2.45) is 5.73 Å². The van der Waals surface area contributed by atoms with E-state index in [1.807, 2.05) is 6.07 Å². The van der Waals surface area contributed by atoms with Gasteiger partial charge < -0.3 is 11.1 Å². The summed E-state index contributed by atoms with van der Waals surface area (Å²) in [5, 5.41) is 2.90. The second-order valence-electron chi connectivity index (χ2n) is 4.29. The minimum absolute atomic E-state index is 0.128. The molecule has 1 aliphatic rings. The summed E-state index contributed by atoms with van der Waals surface area (Å²) in [5.74, 6) is 0.128. The number of fused-ring (bicyclic) bond motifs is 1. The molecule has 0 unspecified atom stereocenters. The summed E-state index contributed by atoms with van der Waals surface area (Å²) in [7, 11) is 0. The Bertz CT molecular complexity index is 388. The van der Waals surface area contributed by atoms with Gasteiger partial charge in [0.2, 0.25) is 5.91 Å². The van der Waals surface area contributed by atoms with Gasteiger partial charge in [0.05, 0.1) is 0 Å². The number of benzene rings is 1. The van der Waals surface area contributed by atoms with E-state index in [2.05, 4.69) is 17.4 Å². The van der Waals surface area contributed by atoms with E-state index in [9.17, 15) is 4.79 Å². The zero-order chi connectivity index (χ0) is 11.4. The van der Waals surface area contributed by atoms with Gasteiger partial charge in [0, 0.05) is 12.1 Å². The van der Waals surface area contributed by atoms with E-state index in [0.717, 1.165) is 37.9 Å². The highest BCUT2D eigenvalue weighted by Crippen LogP contribution is 2.24. The number of amides is 1. The molecular weight excluding hydrogens is 200 g/mol. The second kappa shape index (κ2) is 5.12. The topological polar surface area (TPSA) is 55.1 Å². The van der Waals surface area contributed by atoms with Crippen LogP contribution < -0.4 is 11.1 Å². The summed E-state index contributed by atoms with van der Waals surface area (Å²) in [5.41, 5.74) is 9.08. The molecule has 86 valence electrons. The molecule has 0 bridgehead atoms. The summed E-state index contributed by atoms with van der Waals surface area (Å²) in [6.07, 6.45) is 4.78. The van der Waals surface area contributed by atoms with Crippen LogP contribution in [-0.4, -0.2) is 12.5 Å². The predicted molar refractivity (Wildman–Crippen MR) is 65.4 cm³/mol. The molecule has 2 rings (SSSR count). The van der Waals surface area contributed by atoms with Gasteiger partial charge in [0.1, 0.15) is 0 Å². The van der Waals surface area contributed by atoms with Gasteiger partial charge >= 0.3 is 0 Å². The summed E-state index contributed by atoms with van der Waals surface area (Å²) < 4.78 is 0. The number of anilines is 1. The number of aryl methyl sites for hydroxylation is 2. The summed E-state index contributed by atoms with van der Waals surface area (Å²) >= 11 is 0. The highest BCUT2D eigenvalue weighted by Gasteiger charge is 2.14. The lowest BCUT2D eigenvalue weighted by molar-refractivity contribution is -0.116. The van der Waals surface area contributed by atoms with Crippen LogP contribution in [0.4, 0.5) is 5.69 Å². The number of unbranched alkanes of at least 4 members (excludes halogenated alkanes) is 1. The van der Waals surface area contributed by atoms with E-state index >= 15 is 0 Å². The highest BCUT2D eigenvalue weighted by molar-refractivity contribution is 5.93. The Morgan fingerprint density at radius 1 is 1.25 bits per heavy atom. The molecule has 0 saturated heterocycles. The lowest BCUT2D eigenvalue weighted by atomic mass is 9.98. The molecule has 16 heavy (non-hydrogen) atoms. The lowest BCUT2D eigenvalue weighted by Crippen LogP contribution is -2.18. The Kier molecular flexibility index (Phi) is 3.57. The number of nitrogens with one attached hydrogen (secondary N) is 1. The molecule has 0 atom stereocenters. The number of carbonyl (C=O) groups excluding carboxylic acids is 1. The Hall–Kier alpha value is -1.35. The first-order valence-electron chi connectivity index (χ1n) is 5.91. The van der Waals surface area contributed by atoms with Crippen LogP contribution in [-0.2, 0) is 17.6 Å². The molecule has 0 radical (unpaired) electrons. The molecule has 1 aromatic rings. The van der Waals surface area contributed by atoms with E-state index in [0.29, 0.717) is 6.42 Å². The maximum absolute atomic E-state index is 11.2. The standard InChI is InChI=1S/C13H18N2O/c14-8-2-1-3-10-4-6-12-11(9-10)5-7-13(16)15-12/h4,6,9H,1-3,5,7-8,14H2,(H,15,16). The summed E-state index contributed by atoms with van der Waals surface area (Å²) in [4.78, 5) is 11.2. The van der Waals surface area contributed by atoms with E-state index in [1.54, 1.807) is 0 Å². The van der Waals surface area contributed by atoms with Crippen molar-refractivity contribution in [3.63, 3.8) is 0 Å². The van der Waals surface area contributed by atoms with E-state index in [1.165, 1.54) is 11.1 Å². The third-order valence-corrected chi connectivity index (χ3v) is 2.98. The summed E-state index contributed by atoms with van der Waals surface area (Å²) in [6.45, 7) is 0.765. The van der Waals surface area contributed by atoms with Crippen molar-refractivity contribution in [3.8, 4) is 0 Å². The average Bonchev–Trinajstić information content (AvgIpc) is 2.29. The number of carbonyl (C=O) groups is 1. The molecule has 0 aromatic heterocycles. The first-order chi connectivity index (χ1) is 7.79. The molecule has 3 heteroatoms. The molecule has 0 fully saturated rings. The Labute approximate surface area is 96.0 Å². The average molecular weight is 218 g/mol. The third-order valence-electron chi connectivity index (χ3n) is 2.98. The second-order valence-corrected chi connectivity index (χ2v) is 4.29. The van der Waals surface area contributed by atoms with Crippen molar-refractivity contribution in [1.82, 2.24) is 0 Å². The van der Waals surface area contributed by atoms with Crippen LogP contribution in [0.1, 0.15) is 30.4 Å². The predicted octanol–water partition coefficient (Wildman–Crippen LogP) is 1.85. The number of hydrogen-bond donors (Lipinski definition) is 2. The van der Waals surface area contributed by atoms with Crippen molar-refractivity contribution in [3.05, 3.63) is 29.3 Å². The fraction of sp³-hybridized carbons (Fsp3) is 0.462. The van der Waals surface area contributed by atoms with E-state index < -0.39 is 0 Å². The van der Waals surface area contributed by atoms with Crippen LogP contribution in [0.5, 0.6) is 0 Å². The molecule has 0 aliphatic carbocycles. The third kappa shape index (κ3) is 2.61. The van der Waals surface area contributed by atoms with Gasteiger partial charge in [-0.3, -0.25) is 4.79 Å². The molecule has 0 spiro atoms. The van der Waals surface area contributed by atoms with Crippen molar-refractivity contribution in [2.75, 3.05) is 11.9 Å². The molecule has 1 heterocycles. The van der Waals surface area contributed by atoms with E-state index in [-0.39, 0.29) is 5.91 Å². The van der Waals surface area contributed by atoms with Crippen LogP contribution in [0, 0.1) is 0 Å². The Morgan fingerprint density at radius 3 is 2.94 bits per heavy atom. The number of rotatable bonds is 4. The number of hydrogen-bond acceptors (Lipinski definition) is 2. The normalized spacial score (nSPS) is 14.4. The Morgan fingerprint density at radius 2 is 2.12 bits per heavy atom. The van der Waals surface area contributed by atoms with Crippen molar-refractivity contribution < 1.29 is 4.79 Å². The SMILES string of the molecule is NCCCCc1ccc2c(c1)CCC(=O)N2. The van der Waals surface area contributed by atoms with Gasteiger partial charge in [-0.15, -0.1) is 0 Å². The first-order valence-corrected chi connectivity index (χ1v) is 5.91. The fourth-order valence-electron chi connectivity index (χ4n) is 2.07. The molecule has 1 aliphatic heterocycles. The van der Waals surface area contributed by atoms with Crippen LogP contribution in [0.15, 0.2) is 18.2 Å². The van der Waals surface area contributed by atoms with Gasteiger partial charge in [0.15, 0.2) is 0 Å². The number of nitrogens with two attached hydrogens (primary N) is 1. The largest absolute Gasteiger partial charge is 0.330 e. The molecule has 1 amide bonds. The minimum Gasteiger partial charge on any atom is -0.330 e. The first kappa shape index (κ1) is 11.1. The smallest absolute Gasteiger partial charge is 0.224 e. The zero-order valence-electron chi connectivity index (χ0n) is 9.46. The van der Waals surface area contributed by atoms with Gasteiger partial charge in [-0.1, -0.05) is 12.1 Å². The maximum atomic E-state index is 11.2. The van der Waals surface area contributed by atoms with Crippen molar-refractivity contribution >= 4 is 11.6 Å². The van der Waals surface area contributed by atoms with Crippen LogP contribution in [0.2, 0.25) is 0 Å². The van der Waals surface area contributed by atoms with Crippen molar-refractivity contribution in [1.29, 1.82) is 0 Å². The van der Waals surface area contributed by atoms with Gasteiger partial charge in [-0.2, -0.15) is 0 Å². The van der Waals surface area contributed by atoms with Gasteiger partial charge in [-0.05, 0) is 49.4 Å². The Balaban J connectivity index is 2.04. The lowest BCUT2D eigenvalue weighted by Gasteiger charge is -2.17. The monoisotopic (exact) mass is 218 g/mol. The molecule has 3 nitrogen and oxygen atoms in total. The molecule has 0 saturated carbocycles. The highest BCUT2D eigenvalue weighted by atomic mass is 16.1. The van der Waals surface area contributed by atoms with Crippen LogP contribution >= 0.6 is 0 Å². The fourth-order valence-corrected chi connectivity index (χ4v) is 2.07.